The van der Waals surface area contributed by atoms with Crippen LogP contribution in [0.2, 0.25) is 0 Å². The average molecular weight is 563 g/mol. The lowest BCUT2D eigenvalue weighted by molar-refractivity contribution is 0.0240. The SMILES string of the molecule is CCn1nc2ccc(N3CCN(C(=O)OC(C)(C)C)CC3)nc2c1N(C)c1nc(-c2ccc(F)cc2)c(C#N)s1. The van der Waals surface area contributed by atoms with Gasteiger partial charge in [0, 0.05) is 45.3 Å². The fourth-order valence-corrected chi connectivity index (χ4v) is 5.43. The molecular weight excluding hydrogens is 531 g/mol. The van der Waals surface area contributed by atoms with E-state index >= 15 is 0 Å². The number of aryl methyl sites for hydroxylation is 1. The number of nitriles is 1. The summed E-state index contributed by atoms with van der Waals surface area (Å²) < 4.78 is 20.9. The number of halogens is 1. The molecule has 1 fully saturated rings. The fourth-order valence-electron chi connectivity index (χ4n) is 4.58. The van der Waals surface area contributed by atoms with Crippen LogP contribution in [0.3, 0.4) is 0 Å². The predicted octanol–water partition coefficient (Wildman–Crippen LogP) is 5.41. The molecule has 0 bridgehead atoms. The molecule has 1 aliphatic heterocycles. The Labute approximate surface area is 236 Å². The first kappa shape index (κ1) is 27.3. The van der Waals surface area contributed by atoms with Gasteiger partial charge in [0.15, 0.2) is 10.9 Å². The Balaban J connectivity index is 1.43. The number of ether oxygens (including phenoxy) is 1. The molecule has 0 spiro atoms. The van der Waals surface area contributed by atoms with E-state index in [2.05, 4.69) is 11.0 Å². The second-order valence-corrected chi connectivity index (χ2v) is 11.5. The van der Waals surface area contributed by atoms with Crippen molar-refractivity contribution in [2.75, 3.05) is 43.0 Å². The molecule has 12 heteroatoms. The van der Waals surface area contributed by atoms with E-state index < -0.39 is 5.60 Å². The summed E-state index contributed by atoms with van der Waals surface area (Å²) in [6.45, 7) is 10.5. The first-order valence-electron chi connectivity index (χ1n) is 13.1. The summed E-state index contributed by atoms with van der Waals surface area (Å²) in [6.07, 6.45) is -0.302. The molecule has 1 aromatic carbocycles. The Morgan fingerprint density at radius 1 is 1.12 bits per heavy atom. The number of carbonyl (C=O) groups excluding carboxylic acids is 1. The van der Waals surface area contributed by atoms with Gasteiger partial charge in [-0.3, -0.25) is 0 Å². The maximum absolute atomic E-state index is 13.5. The lowest BCUT2D eigenvalue weighted by atomic mass is 10.1. The minimum Gasteiger partial charge on any atom is -0.444 e. The van der Waals surface area contributed by atoms with E-state index in [1.165, 1.54) is 23.5 Å². The van der Waals surface area contributed by atoms with Crippen molar-refractivity contribution in [2.45, 2.75) is 39.8 Å². The molecule has 1 aliphatic rings. The number of rotatable bonds is 5. The number of pyridine rings is 1. The second kappa shape index (κ2) is 10.7. The zero-order chi connectivity index (χ0) is 28.6. The summed E-state index contributed by atoms with van der Waals surface area (Å²) in [5, 5.41) is 15.1. The third-order valence-corrected chi connectivity index (χ3v) is 7.58. The molecule has 10 nitrogen and oxygen atoms in total. The summed E-state index contributed by atoms with van der Waals surface area (Å²) >= 11 is 1.26. The van der Waals surface area contributed by atoms with Crippen molar-refractivity contribution in [1.82, 2.24) is 24.6 Å². The lowest BCUT2D eigenvalue weighted by Crippen LogP contribution is -2.50. The highest BCUT2D eigenvalue weighted by Gasteiger charge is 2.28. The van der Waals surface area contributed by atoms with Gasteiger partial charge in [-0.1, -0.05) is 11.3 Å². The topological polar surface area (TPSA) is 103 Å². The largest absolute Gasteiger partial charge is 0.444 e. The van der Waals surface area contributed by atoms with Crippen LogP contribution < -0.4 is 9.80 Å². The van der Waals surface area contributed by atoms with Crippen LogP contribution in [0.25, 0.3) is 22.3 Å². The normalized spacial score (nSPS) is 13.9. The second-order valence-electron chi connectivity index (χ2n) is 10.5. The smallest absolute Gasteiger partial charge is 0.410 e. The first-order chi connectivity index (χ1) is 19.1. The van der Waals surface area contributed by atoms with Crippen LogP contribution in [0.4, 0.5) is 26.0 Å². The molecule has 40 heavy (non-hydrogen) atoms. The highest BCUT2D eigenvalue weighted by molar-refractivity contribution is 7.16. The summed E-state index contributed by atoms with van der Waals surface area (Å²) in [5.41, 5.74) is 2.11. The van der Waals surface area contributed by atoms with Gasteiger partial charge in [-0.2, -0.15) is 10.4 Å². The standard InChI is InChI=1S/C28H31FN8O2S/c1-6-37-25(34(5)26-32-23(21(17-30)40-26)18-7-9-19(29)10-8-18)24-20(33-37)11-12-22(31-24)35-13-15-36(16-14-35)27(38)39-28(2,3)4/h7-12H,6,13-16H2,1-5H3. The molecule has 4 heterocycles. The van der Waals surface area contributed by atoms with Crippen LogP contribution in [0.1, 0.15) is 32.6 Å². The molecule has 0 aliphatic carbocycles. The number of carbonyl (C=O) groups is 1. The van der Waals surface area contributed by atoms with E-state index in [1.54, 1.807) is 17.0 Å². The molecule has 0 N–H and O–H groups in total. The average Bonchev–Trinajstić information content (AvgIpc) is 3.53. The number of nitrogens with zero attached hydrogens (tertiary/aromatic N) is 8. The van der Waals surface area contributed by atoms with Gasteiger partial charge in [0.2, 0.25) is 0 Å². The molecule has 5 rings (SSSR count). The molecule has 0 radical (unpaired) electrons. The Hall–Kier alpha value is -4.24. The number of amides is 1. The summed E-state index contributed by atoms with van der Waals surface area (Å²) in [7, 11) is 1.88. The maximum atomic E-state index is 13.5. The van der Waals surface area contributed by atoms with Gasteiger partial charge >= 0.3 is 6.09 Å². The molecule has 1 saturated heterocycles. The predicted molar refractivity (Wildman–Crippen MR) is 154 cm³/mol. The minimum absolute atomic E-state index is 0.302. The monoisotopic (exact) mass is 562 g/mol. The Morgan fingerprint density at radius 2 is 1.82 bits per heavy atom. The number of aromatic nitrogens is 4. The zero-order valence-corrected chi connectivity index (χ0v) is 24.0. The van der Waals surface area contributed by atoms with Gasteiger partial charge in [0.05, 0.1) is 0 Å². The van der Waals surface area contributed by atoms with Crippen LogP contribution >= 0.6 is 11.3 Å². The Kier molecular flexibility index (Phi) is 7.33. The number of hydrogen-bond donors (Lipinski definition) is 0. The molecular formula is C28H31FN8O2S. The zero-order valence-electron chi connectivity index (χ0n) is 23.2. The number of fused-ring (bicyclic) bond motifs is 1. The molecule has 0 unspecified atom stereocenters. The number of piperazine rings is 1. The van der Waals surface area contributed by atoms with Crippen molar-refractivity contribution in [2.24, 2.45) is 0 Å². The molecule has 208 valence electrons. The quantitative estimate of drug-likeness (QED) is 0.318. The van der Waals surface area contributed by atoms with Crippen LogP contribution in [0.5, 0.6) is 0 Å². The van der Waals surface area contributed by atoms with Crippen molar-refractivity contribution in [3.05, 3.63) is 47.1 Å². The van der Waals surface area contributed by atoms with Crippen LogP contribution in [-0.4, -0.2) is 69.6 Å². The van der Waals surface area contributed by atoms with Gasteiger partial charge in [0.1, 0.15) is 44.9 Å². The van der Waals surface area contributed by atoms with Gasteiger partial charge in [-0.25, -0.2) is 23.8 Å². The van der Waals surface area contributed by atoms with E-state index in [9.17, 15) is 14.4 Å². The van der Waals surface area contributed by atoms with E-state index in [1.807, 2.05) is 56.5 Å². The molecule has 3 aromatic heterocycles. The number of benzene rings is 1. The lowest BCUT2D eigenvalue weighted by Gasteiger charge is -2.36. The van der Waals surface area contributed by atoms with E-state index in [-0.39, 0.29) is 11.9 Å². The molecule has 4 aromatic rings. The van der Waals surface area contributed by atoms with Crippen molar-refractivity contribution < 1.29 is 13.9 Å². The van der Waals surface area contributed by atoms with Crippen molar-refractivity contribution in [3.8, 4) is 17.3 Å². The third kappa shape index (κ3) is 5.42. The summed E-state index contributed by atoms with van der Waals surface area (Å²) in [4.78, 5) is 28.4. The van der Waals surface area contributed by atoms with Gasteiger partial charge in [-0.15, -0.1) is 0 Å². The third-order valence-electron chi connectivity index (χ3n) is 6.54. The van der Waals surface area contributed by atoms with Gasteiger partial charge in [0.25, 0.3) is 0 Å². The summed E-state index contributed by atoms with van der Waals surface area (Å²) in [5.74, 6) is 1.21. The van der Waals surface area contributed by atoms with Gasteiger partial charge < -0.3 is 19.4 Å². The number of anilines is 3. The van der Waals surface area contributed by atoms with Crippen LogP contribution in [-0.2, 0) is 11.3 Å². The summed E-state index contributed by atoms with van der Waals surface area (Å²) in [6, 6.07) is 12.1. The van der Waals surface area contributed by atoms with E-state index in [0.717, 1.165) is 17.2 Å². The molecule has 0 atom stereocenters. The van der Waals surface area contributed by atoms with Crippen molar-refractivity contribution in [3.63, 3.8) is 0 Å². The highest BCUT2D eigenvalue weighted by Crippen LogP contribution is 2.37. The Bertz CT molecular complexity index is 1580. The van der Waals surface area contributed by atoms with Crippen molar-refractivity contribution in [1.29, 1.82) is 5.26 Å². The van der Waals surface area contributed by atoms with Gasteiger partial charge in [-0.05, 0) is 64.1 Å². The highest BCUT2D eigenvalue weighted by atomic mass is 32.1. The molecule has 1 amide bonds. The minimum atomic E-state index is -0.534. The number of hydrogen-bond acceptors (Lipinski definition) is 9. The maximum Gasteiger partial charge on any atom is 0.410 e. The fraction of sp³-hybridized carbons (Fsp3) is 0.393. The first-order valence-corrected chi connectivity index (χ1v) is 13.9. The Morgan fingerprint density at radius 3 is 2.45 bits per heavy atom. The molecule has 0 saturated carbocycles. The van der Waals surface area contributed by atoms with Crippen LogP contribution in [0.15, 0.2) is 36.4 Å². The van der Waals surface area contributed by atoms with E-state index in [0.29, 0.717) is 59.5 Å². The van der Waals surface area contributed by atoms with Crippen LogP contribution in [0, 0.1) is 17.1 Å². The van der Waals surface area contributed by atoms with Crippen molar-refractivity contribution >= 4 is 45.2 Å². The number of thiazole rings is 1. The van der Waals surface area contributed by atoms with E-state index in [4.69, 9.17) is 19.8 Å².